The molecule has 1 aliphatic carbocycles. The van der Waals surface area contributed by atoms with Gasteiger partial charge in [0.2, 0.25) is 5.91 Å². The van der Waals surface area contributed by atoms with Gasteiger partial charge in [0, 0.05) is 44.7 Å². The number of amides is 3. The Balaban J connectivity index is 1.45. The Kier molecular flexibility index (Phi) is 7.09. The molecule has 1 aromatic rings. The predicted octanol–water partition coefficient (Wildman–Crippen LogP) is 4.03. The maximum absolute atomic E-state index is 13.5. The quantitative estimate of drug-likeness (QED) is 0.819. The summed E-state index contributed by atoms with van der Waals surface area (Å²) in [6, 6.07) is 3.87. The second-order valence-electron chi connectivity index (χ2n) is 8.28. The Morgan fingerprint density at radius 3 is 2.17 bits per heavy atom. The number of hydrogen-bond acceptors (Lipinski definition) is 2. The first-order chi connectivity index (χ1) is 13.9. The number of nitrogens with one attached hydrogen (secondary N) is 1. The fourth-order valence-corrected chi connectivity index (χ4v) is 4.55. The topological polar surface area (TPSA) is 52.7 Å². The number of nitrogens with zero attached hydrogens (tertiary/aromatic N) is 2. The molecule has 0 radical (unpaired) electrons. The molecule has 1 aliphatic heterocycles. The van der Waals surface area contributed by atoms with Gasteiger partial charge >= 0.3 is 6.03 Å². The average Bonchev–Trinajstić information content (AvgIpc) is 2.72. The molecule has 7 heteroatoms. The second kappa shape index (κ2) is 9.55. The van der Waals surface area contributed by atoms with Crippen molar-refractivity contribution in [3.05, 3.63) is 35.4 Å². The van der Waals surface area contributed by atoms with E-state index in [1.807, 2.05) is 18.9 Å². The molecule has 3 rings (SSSR count). The molecule has 0 atom stereocenters. The molecule has 0 unspecified atom stereocenters. The van der Waals surface area contributed by atoms with E-state index in [0.29, 0.717) is 25.1 Å². The van der Waals surface area contributed by atoms with E-state index in [1.165, 1.54) is 12.1 Å². The van der Waals surface area contributed by atoms with Crippen molar-refractivity contribution in [2.24, 2.45) is 0 Å². The number of carbonyl (C=O) groups excluding carboxylic acids is 2. The zero-order chi connectivity index (χ0) is 21.0. The number of halogens is 2. The van der Waals surface area contributed by atoms with Crippen molar-refractivity contribution in [1.29, 1.82) is 0 Å². The van der Waals surface area contributed by atoms with Crippen LogP contribution in [0.5, 0.6) is 0 Å². The summed E-state index contributed by atoms with van der Waals surface area (Å²) in [5.41, 5.74) is 0.706. The van der Waals surface area contributed by atoms with E-state index in [2.05, 4.69) is 5.32 Å². The highest BCUT2D eigenvalue weighted by Gasteiger charge is 2.29. The number of piperidine rings is 1. The Bertz CT molecular complexity index is 707. The van der Waals surface area contributed by atoms with Gasteiger partial charge in [-0.05, 0) is 62.1 Å². The largest absolute Gasteiger partial charge is 0.343 e. The van der Waals surface area contributed by atoms with E-state index < -0.39 is 11.6 Å². The lowest BCUT2D eigenvalue weighted by atomic mass is 9.81. The Morgan fingerprint density at radius 1 is 1.03 bits per heavy atom. The SMILES string of the molecule is CCC(=O)N1CCC(N(C)C(=O)N[C@H]2CC[C@H](c3cc(F)cc(F)c3)CC2)CC1. The third-order valence-electron chi connectivity index (χ3n) is 6.40. The van der Waals surface area contributed by atoms with Crippen LogP contribution in [0.1, 0.15) is 63.4 Å². The predicted molar refractivity (Wildman–Crippen MR) is 108 cm³/mol. The molecule has 0 spiro atoms. The molecule has 160 valence electrons. The first-order valence-corrected chi connectivity index (χ1v) is 10.6. The van der Waals surface area contributed by atoms with Gasteiger partial charge in [0.25, 0.3) is 0 Å². The zero-order valence-corrected chi connectivity index (χ0v) is 17.3. The number of benzene rings is 1. The minimum atomic E-state index is -0.538. The normalized spacial score (nSPS) is 23.0. The van der Waals surface area contributed by atoms with E-state index in [9.17, 15) is 18.4 Å². The highest BCUT2D eigenvalue weighted by Crippen LogP contribution is 2.33. The monoisotopic (exact) mass is 407 g/mol. The molecule has 0 aromatic heterocycles. The summed E-state index contributed by atoms with van der Waals surface area (Å²) >= 11 is 0. The summed E-state index contributed by atoms with van der Waals surface area (Å²) in [5.74, 6) is -0.774. The molecule has 1 heterocycles. The van der Waals surface area contributed by atoms with Crippen LogP contribution in [0, 0.1) is 11.6 Å². The lowest BCUT2D eigenvalue weighted by Crippen LogP contribution is -2.52. The summed E-state index contributed by atoms with van der Waals surface area (Å²) in [6.07, 6.45) is 5.31. The van der Waals surface area contributed by atoms with Crippen LogP contribution in [0.3, 0.4) is 0 Å². The van der Waals surface area contributed by atoms with Crippen LogP contribution in [-0.2, 0) is 4.79 Å². The third-order valence-corrected chi connectivity index (χ3v) is 6.40. The lowest BCUT2D eigenvalue weighted by Gasteiger charge is -2.38. The van der Waals surface area contributed by atoms with Crippen molar-refractivity contribution < 1.29 is 18.4 Å². The van der Waals surface area contributed by atoms with Crippen molar-refractivity contribution >= 4 is 11.9 Å². The van der Waals surface area contributed by atoms with Crippen LogP contribution in [-0.4, -0.2) is 54.0 Å². The van der Waals surface area contributed by atoms with Crippen molar-refractivity contribution in [3.63, 3.8) is 0 Å². The number of hydrogen-bond donors (Lipinski definition) is 1. The van der Waals surface area contributed by atoms with E-state index in [0.717, 1.165) is 44.6 Å². The van der Waals surface area contributed by atoms with Gasteiger partial charge in [0.1, 0.15) is 11.6 Å². The first-order valence-electron chi connectivity index (χ1n) is 10.6. The number of likely N-dealkylation sites (tertiary alicyclic amines) is 1. The zero-order valence-electron chi connectivity index (χ0n) is 17.3. The molecule has 3 amide bonds. The van der Waals surface area contributed by atoms with Gasteiger partial charge in [-0.2, -0.15) is 0 Å². The number of urea groups is 1. The Morgan fingerprint density at radius 2 is 1.62 bits per heavy atom. The minimum absolute atomic E-state index is 0.0782. The van der Waals surface area contributed by atoms with Gasteiger partial charge in [-0.25, -0.2) is 13.6 Å². The van der Waals surface area contributed by atoms with Crippen LogP contribution < -0.4 is 5.32 Å². The highest BCUT2D eigenvalue weighted by atomic mass is 19.1. The molecule has 5 nitrogen and oxygen atoms in total. The van der Waals surface area contributed by atoms with Gasteiger partial charge < -0.3 is 15.1 Å². The van der Waals surface area contributed by atoms with Gasteiger partial charge in [0.05, 0.1) is 0 Å². The average molecular weight is 408 g/mol. The van der Waals surface area contributed by atoms with Crippen molar-refractivity contribution in [1.82, 2.24) is 15.1 Å². The van der Waals surface area contributed by atoms with E-state index in [4.69, 9.17) is 0 Å². The summed E-state index contributed by atoms with van der Waals surface area (Å²) in [4.78, 5) is 28.1. The van der Waals surface area contributed by atoms with Crippen LogP contribution in [0.25, 0.3) is 0 Å². The lowest BCUT2D eigenvalue weighted by molar-refractivity contribution is -0.132. The van der Waals surface area contributed by atoms with Crippen LogP contribution in [0.2, 0.25) is 0 Å². The maximum atomic E-state index is 13.5. The summed E-state index contributed by atoms with van der Waals surface area (Å²) in [6.45, 7) is 3.27. The van der Waals surface area contributed by atoms with E-state index >= 15 is 0 Å². The van der Waals surface area contributed by atoms with Crippen LogP contribution in [0.15, 0.2) is 18.2 Å². The first kappa shape index (κ1) is 21.5. The molecule has 0 bridgehead atoms. The molecule has 1 saturated heterocycles. The summed E-state index contributed by atoms with van der Waals surface area (Å²) in [5, 5.41) is 3.11. The Labute approximate surface area is 171 Å². The smallest absolute Gasteiger partial charge is 0.317 e. The molecular weight excluding hydrogens is 376 g/mol. The van der Waals surface area contributed by atoms with E-state index in [-0.39, 0.29) is 29.9 Å². The molecule has 1 aromatic carbocycles. The van der Waals surface area contributed by atoms with Crippen molar-refractivity contribution in [2.75, 3.05) is 20.1 Å². The van der Waals surface area contributed by atoms with Gasteiger partial charge in [0.15, 0.2) is 0 Å². The molecular formula is C22H31F2N3O2. The second-order valence-corrected chi connectivity index (χ2v) is 8.28. The minimum Gasteiger partial charge on any atom is -0.343 e. The third kappa shape index (κ3) is 5.46. The van der Waals surface area contributed by atoms with Crippen LogP contribution >= 0.6 is 0 Å². The molecule has 1 N–H and O–H groups in total. The summed E-state index contributed by atoms with van der Waals surface area (Å²) in [7, 11) is 1.82. The van der Waals surface area contributed by atoms with Gasteiger partial charge in [-0.3, -0.25) is 4.79 Å². The molecule has 2 aliphatic rings. The molecule has 29 heavy (non-hydrogen) atoms. The van der Waals surface area contributed by atoms with Crippen LogP contribution in [0.4, 0.5) is 13.6 Å². The van der Waals surface area contributed by atoms with E-state index in [1.54, 1.807) is 4.90 Å². The number of rotatable bonds is 4. The summed E-state index contributed by atoms with van der Waals surface area (Å²) < 4.78 is 26.9. The van der Waals surface area contributed by atoms with Crippen molar-refractivity contribution in [3.8, 4) is 0 Å². The van der Waals surface area contributed by atoms with Gasteiger partial charge in [-0.15, -0.1) is 0 Å². The highest BCUT2D eigenvalue weighted by molar-refractivity contribution is 5.76. The fraction of sp³-hybridized carbons (Fsp3) is 0.636. The Hall–Kier alpha value is -2.18. The van der Waals surface area contributed by atoms with Crippen molar-refractivity contribution in [2.45, 2.75) is 69.9 Å². The molecule has 2 fully saturated rings. The standard InChI is InChI=1S/C22H31F2N3O2/c1-3-21(28)27-10-8-20(9-11-27)26(2)22(29)25-19-6-4-15(5-7-19)16-12-17(23)14-18(24)13-16/h12-15,19-20H,3-11H2,1-2H3,(H,25,29)/t15-,19-. The fourth-order valence-electron chi connectivity index (χ4n) is 4.55. The number of carbonyl (C=O) groups is 2. The molecule has 1 saturated carbocycles. The maximum Gasteiger partial charge on any atom is 0.317 e. The van der Waals surface area contributed by atoms with Gasteiger partial charge in [-0.1, -0.05) is 6.92 Å².